The fourth-order valence-corrected chi connectivity index (χ4v) is 2.97. The summed E-state index contributed by atoms with van der Waals surface area (Å²) in [5, 5.41) is 0.637. The van der Waals surface area contributed by atoms with E-state index in [1.165, 1.54) is 31.2 Å². The van der Waals surface area contributed by atoms with Gasteiger partial charge in [-0.05, 0) is 55.2 Å². The second kappa shape index (κ2) is 7.74. The van der Waals surface area contributed by atoms with Crippen LogP contribution in [0.2, 0.25) is 5.02 Å². The van der Waals surface area contributed by atoms with Crippen molar-refractivity contribution in [2.75, 3.05) is 0 Å². The molecule has 0 radical (unpaired) electrons. The van der Waals surface area contributed by atoms with E-state index in [1.807, 2.05) is 18.2 Å². The molecule has 1 aliphatic rings. The molecule has 2 aromatic rings. The molecule has 5 nitrogen and oxygen atoms in total. The third kappa shape index (κ3) is 4.32. The number of hydrogen-bond donors (Lipinski definition) is 2. The first-order chi connectivity index (χ1) is 12.5. The summed E-state index contributed by atoms with van der Waals surface area (Å²) >= 11 is 6.14. The maximum absolute atomic E-state index is 12.9. The first-order valence-electron chi connectivity index (χ1n) is 8.22. The summed E-state index contributed by atoms with van der Waals surface area (Å²) in [5.41, 5.74) is 5.71. The number of amides is 2. The zero-order valence-electron chi connectivity index (χ0n) is 14.0. The molecule has 26 heavy (non-hydrogen) atoms. The highest BCUT2D eigenvalue weighted by atomic mass is 35.5. The molecule has 0 bridgehead atoms. The minimum atomic E-state index is -0.848. The molecule has 1 aliphatic carbocycles. The van der Waals surface area contributed by atoms with E-state index in [0.29, 0.717) is 17.2 Å². The van der Waals surface area contributed by atoms with E-state index in [0.717, 1.165) is 5.56 Å². The van der Waals surface area contributed by atoms with E-state index < -0.39 is 12.0 Å². The monoisotopic (exact) mass is 376 g/mol. The van der Waals surface area contributed by atoms with Gasteiger partial charge in [0.25, 0.3) is 5.91 Å². The molecular weight excluding hydrogens is 359 g/mol. The third-order valence-electron chi connectivity index (χ3n) is 4.24. The Morgan fingerprint density at radius 3 is 2.54 bits per heavy atom. The van der Waals surface area contributed by atoms with Crippen molar-refractivity contribution in [2.24, 2.45) is 5.92 Å². The lowest BCUT2D eigenvalue weighted by atomic mass is 10.1. The lowest BCUT2D eigenvalue weighted by Gasteiger charge is -2.15. The average molecular weight is 377 g/mol. The Kier molecular flexibility index (Phi) is 5.42. The van der Waals surface area contributed by atoms with Crippen LogP contribution in [0.4, 0.5) is 4.39 Å². The summed E-state index contributed by atoms with van der Waals surface area (Å²) < 4.78 is 18.3. The standard InChI is InChI=1S/C19H18ClFN2O3/c1-11(26-13-8-6-12(21)7-9-13)18(24)22-23-19(25)16-10-15(16)14-4-2-3-5-17(14)20/h2-9,11,15-16H,10H2,1H3,(H,22,24)(H,23,25). The summed E-state index contributed by atoms with van der Waals surface area (Å²) in [5.74, 6) is -0.951. The maximum atomic E-state index is 12.9. The molecular formula is C19H18ClFN2O3. The second-order valence-electron chi connectivity index (χ2n) is 6.16. The van der Waals surface area contributed by atoms with Crippen molar-refractivity contribution in [3.05, 3.63) is 64.9 Å². The molecule has 2 aromatic carbocycles. The van der Waals surface area contributed by atoms with Gasteiger partial charge in [0.15, 0.2) is 6.10 Å². The molecule has 0 spiro atoms. The number of carbonyl (C=O) groups excluding carboxylic acids is 2. The SMILES string of the molecule is CC(Oc1ccc(F)cc1)C(=O)NNC(=O)C1CC1c1ccccc1Cl. The van der Waals surface area contributed by atoms with Gasteiger partial charge < -0.3 is 4.74 Å². The van der Waals surface area contributed by atoms with Crippen molar-refractivity contribution in [1.29, 1.82) is 0 Å². The normalized spacial score (nSPS) is 19.3. The van der Waals surface area contributed by atoms with Gasteiger partial charge in [-0.15, -0.1) is 0 Å². The third-order valence-corrected chi connectivity index (χ3v) is 4.58. The van der Waals surface area contributed by atoms with Crippen LogP contribution < -0.4 is 15.6 Å². The number of hydrogen-bond acceptors (Lipinski definition) is 3. The van der Waals surface area contributed by atoms with Gasteiger partial charge in [0.05, 0.1) is 0 Å². The molecule has 136 valence electrons. The van der Waals surface area contributed by atoms with E-state index in [-0.39, 0.29) is 23.6 Å². The highest BCUT2D eigenvalue weighted by Gasteiger charge is 2.45. The van der Waals surface area contributed by atoms with E-state index in [4.69, 9.17) is 16.3 Å². The Hall–Kier alpha value is -2.60. The molecule has 1 fully saturated rings. The molecule has 2 N–H and O–H groups in total. The second-order valence-corrected chi connectivity index (χ2v) is 6.57. The van der Waals surface area contributed by atoms with Crippen molar-refractivity contribution in [2.45, 2.75) is 25.4 Å². The van der Waals surface area contributed by atoms with Gasteiger partial charge in [-0.3, -0.25) is 20.4 Å². The summed E-state index contributed by atoms with van der Waals surface area (Å²) in [7, 11) is 0. The van der Waals surface area contributed by atoms with Crippen molar-refractivity contribution in [3.8, 4) is 5.75 Å². The Bertz CT molecular complexity index is 813. The number of nitrogens with one attached hydrogen (secondary N) is 2. The predicted molar refractivity (Wildman–Crippen MR) is 95.1 cm³/mol. The number of ether oxygens (including phenoxy) is 1. The highest BCUT2D eigenvalue weighted by Crippen LogP contribution is 2.49. The molecule has 2 amide bonds. The average Bonchev–Trinajstić information content (AvgIpc) is 3.42. The number of carbonyl (C=O) groups is 2. The van der Waals surface area contributed by atoms with Crippen molar-refractivity contribution < 1.29 is 18.7 Å². The van der Waals surface area contributed by atoms with E-state index in [2.05, 4.69) is 10.9 Å². The van der Waals surface area contributed by atoms with Crippen LogP contribution in [0.25, 0.3) is 0 Å². The van der Waals surface area contributed by atoms with Gasteiger partial charge in [-0.2, -0.15) is 0 Å². The Morgan fingerprint density at radius 2 is 1.85 bits per heavy atom. The smallest absolute Gasteiger partial charge is 0.279 e. The van der Waals surface area contributed by atoms with Gasteiger partial charge in [0.1, 0.15) is 11.6 Å². The molecule has 0 aromatic heterocycles. The van der Waals surface area contributed by atoms with Gasteiger partial charge in [-0.25, -0.2) is 4.39 Å². The first-order valence-corrected chi connectivity index (χ1v) is 8.60. The topological polar surface area (TPSA) is 67.4 Å². The van der Waals surface area contributed by atoms with E-state index >= 15 is 0 Å². The van der Waals surface area contributed by atoms with Crippen molar-refractivity contribution >= 4 is 23.4 Å². The molecule has 0 saturated heterocycles. The summed E-state index contributed by atoms with van der Waals surface area (Å²) in [6.45, 7) is 1.54. The van der Waals surface area contributed by atoms with Crippen LogP contribution in [0.5, 0.6) is 5.75 Å². The minimum Gasteiger partial charge on any atom is -0.481 e. The lowest BCUT2D eigenvalue weighted by molar-refractivity contribution is -0.133. The lowest BCUT2D eigenvalue weighted by Crippen LogP contribution is -2.47. The Morgan fingerprint density at radius 1 is 1.15 bits per heavy atom. The Balaban J connectivity index is 1.46. The molecule has 7 heteroatoms. The van der Waals surface area contributed by atoms with Crippen LogP contribution in [0, 0.1) is 11.7 Å². The number of halogens is 2. The van der Waals surface area contributed by atoms with Crippen LogP contribution >= 0.6 is 11.6 Å². The molecule has 1 saturated carbocycles. The zero-order chi connectivity index (χ0) is 18.7. The summed E-state index contributed by atoms with van der Waals surface area (Å²) in [4.78, 5) is 24.2. The first kappa shape index (κ1) is 18.2. The van der Waals surface area contributed by atoms with Gasteiger partial charge in [0.2, 0.25) is 5.91 Å². The number of benzene rings is 2. The fourth-order valence-electron chi connectivity index (χ4n) is 2.69. The van der Waals surface area contributed by atoms with Crippen LogP contribution in [-0.4, -0.2) is 17.9 Å². The summed E-state index contributed by atoms with van der Waals surface area (Å²) in [6, 6.07) is 12.7. The summed E-state index contributed by atoms with van der Waals surface area (Å²) in [6.07, 6.45) is -0.160. The minimum absolute atomic E-state index is 0.0634. The van der Waals surface area contributed by atoms with Gasteiger partial charge in [-0.1, -0.05) is 29.8 Å². The number of hydrazine groups is 1. The zero-order valence-corrected chi connectivity index (χ0v) is 14.8. The number of rotatable bonds is 5. The van der Waals surface area contributed by atoms with Gasteiger partial charge in [0, 0.05) is 10.9 Å². The Labute approximate surface area is 155 Å². The predicted octanol–water partition coefficient (Wildman–Crippen LogP) is 3.20. The largest absolute Gasteiger partial charge is 0.481 e. The van der Waals surface area contributed by atoms with Crippen LogP contribution in [0.3, 0.4) is 0 Å². The van der Waals surface area contributed by atoms with Crippen molar-refractivity contribution in [3.63, 3.8) is 0 Å². The maximum Gasteiger partial charge on any atom is 0.279 e. The van der Waals surface area contributed by atoms with E-state index in [9.17, 15) is 14.0 Å². The highest BCUT2D eigenvalue weighted by molar-refractivity contribution is 6.31. The van der Waals surface area contributed by atoms with E-state index in [1.54, 1.807) is 6.07 Å². The fraction of sp³-hybridized carbons (Fsp3) is 0.263. The quantitative estimate of drug-likeness (QED) is 0.787. The van der Waals surface area contributed by atoms with Crippen LogP contribution in [0.15, 0.2) is 48.5 Å². The van der Waals surface area contributed by atoms with Crippen LogP contribution in [0.1, 0.15) is 24.8 Å². The molecule has 3 rings (SSSR count). The molecule has 3 atom stereocenters. The molecule has 3 unspecified atom stereocenters. The van der Waals surface area contributed by atoms with Crippen LogP contribution in [-0.2, 0) is 9.59 Å². The molecule has 0 aliphatic heterocycles. The molecule has 0 heterocycles. The van der Waals surface area contributed by atoms with Gasteiger partial charge >= 0.3 is 0 Å². The van der Waals surface area contributed by atoms with Crippen molar-refractivity contribution in [1.82, 2.24) is 10.9 Å².